The van der Waals surface area contributed by atoms with E-state index < -0.39 is 0 Å². The lowest BCUT2D eigenvalue weighted by molar-refractivity contribution is 0.412. The second kappa shape index (κ2) is 4.13. The second-order valence-corrected chi connectivity index (χ2v) is 4.17. The van der Waals surface area contributed by atoms with E-state index in [4.69, 9.17) is 4.74 Å². The Morgan fingerprint density at radius 2 is 2.41 bits per heavy atom. The van der Waals surface area contributed by atoms with E-state index in [2.05, 4.69) is 27.0 Å². The van der Waals surface area contributed by atoms with Gasteiger partial charge in [0.05, 0.1) is 13.2 Å². The van der Waals surface area contributed by atoms with E-state index in [9.17, 15) is 0 Å². The summed E-state index contributed by atoms with van der Waals surface area (Å²) in [7, 11) is 1.70. The van der Waals surface area contributed by atoms with Gasteiger partial charge in [-0.05, 0) is 24.1 Å². The van der Waals surface area contributed by atoms with Crippen LogP contribution in [0.15, 0.2) is 36.7 Å². The number of imidazole rings is 1. The SMILES string of the molecule is COc1cccc(C2CCNc3nccn32)c1. The minimum atomic E-state index is 0.351. The number of methoxy groups -OCH3 is 1. The largest absolute Gasteiger partial charge is 0.497 e. The third-order valence-corrected chi connectivity index (χ3v) is 3.18. The Balaban J connectivity index is 2.00. The Kier molecular flexibility index (Phi) is 2.48. The number of anilines is 1. The summed E-state index contributed by atoms with van der Waals surface area (Å²) >= 11 is 0. The maximum Gasteiger partial charge on any atom is 0.203 e. The lowest BCUT2D eigenvalue weighted by atomic mass is 10.0. The molecule has 1 N–H and O–H groups in total. The van der Waals surface area contributed by atoms with Crippen molar-refractivity contribution in [3.63, 3.8) is 0 Å². The monoisotopic (exact) mass is 229 g/mol. The number of aromatic nitrogens is 2. The average molecular weight is 229 g/mol. The van der Waals surface area contributed by atoms with Crippen LogP contribution in [0.2, 0.25) is 0 Å². The number of benzene rings is 1. The Morgan fingerprint density at radius 3 is 3.29 bits per heavy atom. The molecule has 0 radical (unpaired) electrons. The summed E-state index contributed by atoms with van der Waals surface area (Å²) in [5.74, 6) is 1.85. The highest BCUT2D eigenvalue weighted by Gasteiger charge is 2.21. The number of hydrogen-bond acceptors (Lipinski definition) is 3. The first-order chi connectivity index (χ1) is 8.38. The van der Waals surface area contributed by atoms with E-state index in [1.807, 2.05) is 24.5 Å². The summed E-state index contributed by atoms with van der Waals surface area (Å²) < 4.78 is 7.45. The predicted molar refractivity (Wildman–Crippen MR) is 66.5 cm³/mol. The topological polar surface area (TPSA) is 39.1 Å². The van der Waals surface area contributed by atoms with Gasteiger partial charge in [0.2, 0.25) is 5.95 Å². The lowest BCUT2D eigenvalue weighted by Gasteiger charge is -2.26. The van der Waals surface area contributed by atoms with Gasteiger partial charge in [-0.25, -0.2) is 4.98 Å². The van der Waals surface area contributed by atoms with Gasteiger partial charge in [0.1, 0.15) is 5.75 Å². The molecule has 17 heavy (non-hydrogen) atoms. The van der Waals surface area contributed by atoms with Crippen LogP contribution in [-0.4, -0.2) is 23.2 Å². The Bertz CT molecular complexity index is 521. The van der Waals surface area contributed by atoms with Crippen molar-refractivity contribution in [3.05, 3.63) is 42.2 Å². The smallest absolute Gasteiger partial charge is 0.203 e. The maximum atomic E-state index is 5.27. The molecule has 1 aromatic carbocycles. The number of hydrogen-bond donors (Lipinski definition) is 1. The summed E-state index contributed by atoms with van der Waals surface area (Å²) in [6.45, 7) is 0.957. The zero-order valence-electron chi connectivity index (χ0n) is 9.76. The molecule has 1 unspecified atom stereocenters. The van der Waals surface area contributed by atoms with Gasteiger partial charge in [-0.15, -0.1) is 0 Å². The van der Waals surface area contributed by atoms with Gasteiger partial charge in [0, 0.05) is 18.9 Å². The zero-order chi connectivity index (χ0) is 11.7. The summed E-state index contributed by atoms with van der Waals surface area (Å²) in [5.41, 5.74) is 1.27. The van der Waals surface area contributed by atoms with E-state index in [-0.39, 0.29) is 0 Å². The van der Waals surface area contributed by atoms with Gasteiger partial charge in [-0.1, -0.05) is 12.1 Å². The van der Waals surface area contributed by atoms with E-state index in [0.29, 0.717) is 6.04 Å². The van der Waals surface area contributed by atoms with E-state index in [0.717, 1.165) is 24.7 Å². The van der Waals surface area contributed by atoms with Crippen LogP contribution >= 0.6 is 0 Å². The highest BCUT2D eigenvalue weighted by atomic mass is 16.5. The molecule has 0 fully saturated rings. The van der Waals surface area contributed by atoms with Gasteiger partial charge in [-0.3, -0.25) is 0 Å². The molecule has 0 aliphatic carbocycles. The third-order valence-electron chi connectivity index (χ3n) is 3.18. The molecule has 1 atom stereocenters. The van der Waals surface area contributed by atoms with Crippen LogP contribution in [0, 0.1) is 0 Å². The van der Waals surface area contributed by atoms with E-state index in [1.165, 1.54) is 5.56 Å². The fourth-order valence-electron chi connectivity index (χ4n) is 2.34. The molecule has 88 valence electrons. The van der Waals surface area contributed by atoms with Crippen molar-refractivity contribution in [1.82, 2.24) is 9.55 Å². The Labute approximate surface area is 100 Å². The van der Waals surface area contributed by atoms with Crippen molar-refractivity contribution in [2.75, 3.05) is 19.0 Å². The molecule has 1 aromatic heterocycles. The number of fused-ring (bicyclic) bond motifs is 1. The van der Waals surface area contributed by atoms with Crippen molar-refractivity contribution in [1.29, 1.82) is 0 Å². The van der Waals surface area contributed by atoms with Gasteiger partial charge < -0.3 is 14.6 Å². The number of rotatable bonds is 2. The first-order valence-corrected chi connectivity index (χ1v) is 5.79. The molecule has 0 bridgehead atoms. The second-order valence-electron chi connectivity index (χ2n) is 4.17. The molecule has 2 heterocycles. The molecular formula is C13H15N3O. The number of nitrogens with zero attached hydrogens (tertiary/aromatic N) is 2. The van der Waals surface area contributed by atoms with Gasteiger partial charge in [0.25, 0.3) is 0 Å². The van der Waals surface area contributed by atoms with E-state index in [1.54, 1.807) is 7.11 Å². The summed E-state index contributed by atoms with van der Waals surface area (Å²) in [6.07, 6.45) is 4.92. The molecule has 1 aliphatic rings. The van der Waals surface area contributed by atoms with Crippen LogP contribution in [-0.2, 0) is 0 Å². The van der Waals surface area contributed by atoms with Crippen molar-refractivity contribution in [3.8, 4) is 5.75 Å². The molecule has 0 saturated heterocycles. The number of nitrogens with one attached hydrogen (secondary N) is 1. The van der Waals surface area contributed by atoms with Crippen molar-refractivity contribution in [2.45, 2.75) is 12.5 Å². The maximum absolute atomic E-state index is 5.27. The van der Waals surface area contributed by atoms with E-state index >= 15 is 0 Å². The molecule has 2 aromatic rings. The first-order valence-electron chi connectivity index (χ1n) is 5.79. The van der Waals surface area contributed by atoms with Gasteiger partial charge in [-0.2, -0.15) is 0 Å². The quantitative estimate of drug-likeness (QED) is 0.858. The van der Waals surface area contributed by atoms with Crippen LogP contribution < -0.4 is 10.1 Å². The van der Waals surface area contributed by atoms with Crippen LogP contribution in [0.5, 0.6) is 5.75 Å². The molecule has 4 nitrogen and oxygen atoms in total. The fourth-order valence-corrected chi connectivity index (χ4v) is 2.34. The van der Waals surface area contributed by atoms with Crippen LogP contribution in [0.3, 0.4) is 0 Å². The van der Waals surface area contributed by atoms with Crippen LogP contribution in [0.25, 0.3) is 0 Å². The fraction of sp³-hybridized carbons (Fsp3) is 0.308. The molecule has 4 heteroatoms. The van der Waals surface area contributed by atoms with Gasteiger partial charge in [0.15, 0.2) is 0 Å². The molecule has 0 amide bonds. The van der Waals surface area contributed by atoms with Crippen molar-refractivity contribution in [2.24, 2.45) is 0 Å². The van der Waals surface area contributed by atoms with Gasteiger partial charge >= 0.3 is 0 Å². The zero-order valence-corrected chi connectivity index (χ0v) is 9.76. The highest BCUT2D eigenvalue weighted by molar-refractivity contribution is 5.36. The van der Waals surface area contributed by atoms with Crippen LogP contribution in [0.4, 0.5) is 5.95 Å². The molecule has 0 saturated carbocycles. The highest BCUT2D eigenvalue weighted by Crippen LogP contribution is 2.30. The summed E-state index contributed by atoms with van der Waals surface area (Å²) in [4.78, 5) is 4.30. The van der Waals surface area contributed by atoms with Crippen LogP contribution in [0.1, 0.15) is 18.0 Å². The average Bonchev–Trinajstić information content (AvgIpc) is 2.87. The minimum Gasteiger partial charge on any atom is -0.497 e. The molecular weight excluding hydrogens is 214 g/mol. The number of ether oxygens (including phenoxy) is 1. The molecule has 1 aliphatic heterocycles. The first kappa shape index (κ1) is 10.2. The Morgan fingerprint density at radius 1 is 1.47 bits per heavy atom. The molecule has 0 spiro atoms. The Hall–Kier alpha value is -1.97. The predicted octanol–water partition coefficient (Wildman–Crippen LogP) is 2.30. The lowest BCUT2D eigenvalue weighted by Crippen LogP contribution is -2.23. The summed E-state index contributed by atoms with van der Waals surface area (Å²) in [5, 5.41) is 3.29. The standard InChI is InChI=1S/C13H15N3O/c1-17-11-4-2-3-10(9-11)12-5-6-14-13-15-7-8-16(12)13/h2-4,7-9,12H,5-6H2,1H3,(H,14,15). The minimum absolute atomic E-state index is 0.351. The third kappa shape index (κ3) is 1.75. The van der Waals surface area contributed by atoms with Crippen molar-refractivity contribution >= 4 is 5.95 Å². The molecule has 3 rings (SSSR count). The van der Waals surface area contributed by atoms with Crippen molar-refractivity contribution < 1.29 is 4.74 Å². The summed E-state index contributed by atoms with van der Waals surface area (Å²) in [6, 6.07) is 8.60. The normalized spacial score (nSPS) is 18.3.